The highest BCUT2D eigenvalue weighted by Gasteiger charge is 2.30. The Balaban J connectivity index is 0.000000557. The Labute approximate surface area is 231 Å². The van der Waals surface area contributed by atoms with Crippen LogP contribution in [0.4, 0.5) is 10.1 Å². The molecule has 2 atom stereocenters. The molecule has 0 bridgehead atoms. The molecule has 40 heavy (non-hydrogen) atoms. The summed E-state index contributed by atoms with van der Waals surface area (Å²) in [5.41, 5.74) is 4.28. The number of amides is 2. The number of rotatable bonds is 6. The number of nitrogens with one attached hydrogen (secondary N) is 2. The number of benzene rings is 1. The maximum atomic E-state index is 13.8. The number of aromatic amines is 1. The SMILES string of the molecule is CC(O)C(=O)O.Cc1c(C=C2C(=O)Nc3ccc(F)cc32)[nH]c2c1C(=O)N(C[C@H](O)CN1CCOCC1)CCC2. The molecule has 3 aliphatic rings. The molecule has 1 saturated heterocycles. The minimum Gasteiger partial charge on any atom is -0.479 e. The van der Waals surface area contributed by atoms with E-state index in [1.165, 1.54) is 19.1 Å². The van der Waals surface area contributed by atoms with Gasteiger partial charge in [-0.3, -0.25) is 14.5 Å². The van der Waals surface area contributed by atoms with Crippen molar-refractivity contribution < 1.29 is 38.8 Å². The zero-order valence-corrected chi connectivity index (χ0v) is 22.6. The number of halogens is 1. The number of carbonyl (C=O) groups is 3. The van der Waals surface area contributed by atoms with E-state index in [0.717, 1.165) is 30.8 Å². The minimum atomic E-state index is -1.23. The van der Waals surface area contributed by atoms with E-state index in [9.17, 15) is 23.9 Å². The third-order valence-electron chi connectivity index (χ3n) is 7.14. The molecular weight excluding hydrogens is 523 g/mol. The van der Waals surface area contributed by atoms with Crippen LogP contribution in [-0.4, -0.2) is 106 Å². The Kier molecular flexibility index (Phi) is 9.36. The third-order valence-corrected chi connectivity index (χ3v) is 7.14. The molecule has 0 radical (unpaired) electrons. The number of ether oxygens (including phenoxy) is 1. The molecule has 12 heteroatoms. The molecule has 0 spiro atoms. The summed E-state index contributed by atoms with van der Waals surface area (Å²) < 4.78 is 19.2. The van der Waals surface area contributed by atoms with Gasteiger partial charge in [0.25, 0.3) is 11.8 Å². The van der Waals surface area contributed by atoms with Gasteiger partial charge in [-0.15, -0.1) is 0 Å². The molecule has 2 aromatic rings. The zero-order chi connectivity index (χ0) is 29.0. The van der Waals surface area contributed by atoms with Gasteiger partial charge >= 0.3 is 5.97 Å². The number of nitrogens with zero attached hydrogens (tertiary/aromatic N) is 2. The number of β-amino-alcohol motifs (C(OH)–C–C–N with tert-alkyl or cyclic N) is 1. The fourth-order valence-corrected chi connectivity index (χ4v) is 5.02. The summed E-state index contributed by atoms with van der Waals surface area (Å²) in [5, 5.41) is 29.2. The highest BCUT2D eigenvalue weighted by Crippen LogP contribution is 2.35. The van der Waals surface area contributed by atoms with Crippen molar-refractivity contribution in [1.29, 1.82) is 0 Å². The number of H-pyrrole nitrogens is 1. The normalized spacial score (nSPS) is 19.7. The van der Waals surface area contributed by atoms with Crippen LogP contribution < -0.4 is 5.32 Å². The van der Waals surface area contributed by atoms with Crippen molar-refractivity contribution in [3.8, 4) is 0 Å². The Morgan fingerprint density at radius 3 is 2.55 bits per heavy atom. The second-order valence-corrected chi connectivity index (χ2v) is 10.2. The van der Waals surface area contributed by atoms with Gasteiger partial charge in [-0.05, 0) is 56.5 Å². The molecule has 3 aliphatic heterocycles. The lowest BCUT2D eigenvalue weighted by molar-refractivity contribution is -0.145. The number of fused-ring (bicyclic) bond motifs is 2. The van der Waals surface area contributed by atoms with Crippen molar-refractivity contribution in [2.45, 2.75) is 38.9 Å². The Morgan fingerprint density at radius 1 is 1.18 bits per heavy atom. The van der Waals surface area contributed by atoms with E-state index in [2.05, 4.69) is 15.2 Å². The Hall–Kier alpha value is -3.58. The number of carbonyl (C=O) groups excluding carboxylic acids is 2. The molecule has 0 aliphatic carbocycles. The van der Waals surface area contributed by atoms with E-state index in [1.54, 1.807) is 17.0 Å². The molecule has 2 amide bonds. The fourth-order valence-electron chi connectivity index (χ4n) is 5.02. The number of carboxylic acids is 1. The molecule has 0 saturated carbocycles. The van der Waals surface area contributed by atoms with Gasteiger partial charge in [0.1, 0.15) is 11.9 Å². The largest absolute Gasteiger partial charge is 0.479 e. The van der Waals surface area contributed by atoms with Crippen LogP contribution in [0.3, 0.4) is 0 Å². The van der Waals surface area contributed by atoms with Crippen molar-refractivity contribution in [3.63, 3.8) is 0 Å². The summed E-state index contributed by atoms with van der Waals surface area (Å²) in [6.07, 6.45) is 1.28. The standard InChI is InChI=1S/C25H29FN4O4.C3H6O3/c1-15-22(12-19-18-11-16(26)4-5-20(18)28-24(19)32)27-21-3-2-6-30(25(33)23(15)21)14-17(31)13-29-7-9-34-10-8-29;1-2(4)3(5)6/h4-5,11-12,17,27,31H,2-3,6-10,13-14H2,1H3,(H,28,32);2,4H,1H3,(H,5,6)/t17-;/m1./s1. The van der Waals surface area contributed by atoms with Gasteiger partial charge in [-0.1, -0.05) is 0 Å². The number of hydrogen-bond donors (Lipinski definition) is 5. The highest BCUT2D eigenvalue weighted by atomic mass is 19.1. The fraction of sp³-hybridized carbons (Fsp3) is 0.464. The van der Waals surface area contributed by atoms with Gasteiger partial charge in [0.2, 0.25) is 0 Å². The van der Waals surface area contributed by atoms with Crippen LogP contribution in [-0.2, 0) is 20.7 Å². The average Bonchev–Trinajstić information content (AvgIpc) is 3.33. The van der Waals surface area contributed by atoms with Crippen LogP contribution in [0.15, 0.2) is 18.2 Å². The highest BCUT2D eigenvalue weighted by molar-refractivity contribution is 6.34. The number of hydrogen-bond acceptors (Lipinski definition) is 7. The number of morpholine rings is 1. The summed E-state index contributed by atoms with van der Waals surface area (Å²) in [5.74, 6) is -2.02. The number of aromatic nitrogens is 1. The third kappa shape index (κ3) is 6.76. The maximum Gasteiger partial charge on any atom is 0.332 e. The monoisotopic (exact) mass is 558 g/mol. The van der Waals surface area contributed by atoms with Crippen LogP contribution in [0.1, 0.15) is 46.2 Å². The summed E-state index contributed by atoms with van der Waals surface area (Å²) in [4.78, 5) is 42.6. The molecule has 5 N–H and O–H groups in total. The summed E-state index contributed by atoms with van der Waals surface area (Å²) >= 11 is 0. The molecule has 4 heterocycles. The topological polar surface area (TPSA) is 155 Å². The molecule has 1 aromatic heterocycles. The predicted molar refractivity (Wildman–Crippen MR) is 145 cm³/mol. The first-order valence-electron chi connectivity index (χ1n) is 13.3. The molecule has 1 fully saturated rings. The van der Waals surface area contributed by atoms with Gasteiger partial charge in [-0.2, -0.15) is 0 Å². The molecule has 1 aromatic carbocycles. The predicted octanol–water partition coefficient (Wildman–Crippen LogP) is 1.49. The molecular formula is C28H35FN4O7. The number of anilines is 1. The lowest BCUT2D eigenvalue weighted by Gasteiger charge is -2.31. The van der Waals surface area contributed by atoms with E-state index < -0.39 is 24.0 Å². The zero-order valence-electron chi connectivity index (χ0n) is 22.6. The van der Waals surface area contributed by atoms with Gasteiger partial charge in [0.05, 0.1) is 30.5 Å². The second kappa shape index (κ2) is 12.7. The van der Waals surface area contributed by atoms with Crippen molar-refractivity contribution in [1.82, 2.24) is 14.8 Å². The van der Waals surface area contributed by atoms with E-state index in [1.807, 2.05) is 6.92 Å². The number of aliphatic hydroxyl groups is 2. The first-order valence-corrected chi connectivity index (χ1v) is 13.3. The quantitative estimate of drug-likeness (QED) is 0.334. The average molecular weight is 559 g/mol. The van der Waals surface area contributed by atoms with Gasteiger partial charge in [-0.25, -0.2) is 9.18 Å². The van der Waals surface area contributed by atoms with Crippen LogP contribution in [0.5, 0.6) is 0 Å². The number of aliphatic hydroxyl groups excluding tert-OH is 2. The minimum absolute atomic E-state index is 0.116. The van der Waals surface area contributed by atoms with Gasteiger partial charge in [0.15, 0.2) is 0 Å². The maximum absolute atomic E-state index is 13.8. The van der Waals surface area contributed by atoms with E-state index in [4.69, 9.17) is 14.9 Å². The second-order valence-electron chi connectivity index (χ2n) is 10.2. The molecule has 5 rings (SSSR count). The van der Waals surface area contributed by atoms with Crippen molar-refractivity contribution in [2.24, 2.45) is 0 Å². The first kappa shape index (κ1) is 29.4. The Bertz CT molecular complexity index is 1300. The summed E-state index contributed by atoms with van der Waals surface area (Å²) in [7, 11) is 0. The molecule has 1 unspecified atom stereocenters. The number of carboxylic acid groups (broad SMARTS) is 1. The lowest BCUT2D eigenvalue weighted by Crippen LogP contribution is -2.46. The van der Waals surface area contributed by atoms with Crippen molar-refractivity contribution >= 4 is 35.1 Å². The molecule has 216 valence electrons. The smallest absolute Gasteiger partial charge is 0.332 e. The Morgan fingerprint density at radius 2 is 1.88 bits per heavy atom. The van der Waals surface area contributed by atoms with Crippen molar-refractivity contribution in [3.05, 3.63) is 52.1 Å². The van der Waals surface area contributed by atoms with Crippen LogP contribution in [0.2, 0.25) is 0 Å². The van der Waals surface area contributed by atoms with Gasteiger partial charge in [0, 0.05) is 55.4 Å². The van der Waals surface area contributed by atoms with Crippen LogP contribution in [0.25, 0.3) is 11.6 Å². The molecule has 11 nitrogen and oxygen atoms in total. The first-order chi connectivity index (χ1) is 19.0. The van der Waals surface area contributed by atoms with E-state index in [-0.39, 0.29) is 18.4 Å². The summed E-state index contributed by atoms with van der Waals surface area (Å²) in [6.45, 7) is 7.29. The summed E-state index contributed by atoms with van der Waals surface area (Å²) in [6, 6.07) is 4.19. The van der Waals surface area contributed by atoms with Crippen LogP contribution in [0, 0.1) is 12.7 Å². The number of aliphatic carboxylic acids is 1. The van der Waals surface area contributed by atoms with E-state index in [0.29, 0.717) is 60.8 Å². The van der Waals surface area contributed by atoms with Crippen LogP contribution >= 0.6 is 0 Å². The van der Waals surface area contributed by atoms with E-state index >= 15 is 0 Å². The van der Waals surface area contributed by atoms with Gasteiger partial charge < -0.3 is 35.3 Å². The lowest BCUT2D eigenvalue weighted by atomic mass is 10.0. The number of aryl methyl sites for hydroxylation is 1. The van der Waals surface area contributed by atoms with Crippen molar-refractivity contribution in [2.75, 3.05) is 51.3 Å².